The number of hydrogen-bond donors (Lipinski definition) is 0. The maximum Gasteiger partial charge on any atom is 0.267 e. The quantitative estimate of drug-likeness (QED) is 0.295. The lowest BCUT2D eigenvalue weighted by atomic mass is 10.1. The molecular weight excluding hydrogens is 434 g/mol. The van der Waals surface area contributed by atoms with E-state index in [-0.39, 0.29) is 17.2 Å². The molecule has 2 aromatic carbocycles. The number of thioether (sulfide) groups is 1. The Morgan fingerprint density at radius 1 is 1.06 bits per heavy atom. The van der Waals surface area contributed by atoms with Gasteiger partial charge in [0.1, 0.15) is 0 Å². The number of carbonyl (C=O) groups excluding carboxylic acids is 1. The minimum absolute atomic E-state index is 0.0521. The number of fused-ring (bicyclic) bond motifs is 3. The van der Waals surface area contributed by atoms with Crippen LogP contribution in [0.2, 0.25) is 0 Å². The fourth-order valence-electron chi connectivity index (χ4n) is 3.77. The van der Waals surface area contributed by atoms with E-state index in [1.165, 1.54) is 11.8 Å². The highest BCUT2D eigenvalue weighted by atomic mass is 32.2. The number of aryl methyl sites for hydroxylation is 1. The lowest BCUT2D eigenvalue weighted by Gasteiger charge is -2.18. The van der Waals surface area contributed by atoms with Crippen LogP contribution >= 0.6 is 11.8 Å². The molecule has 0 aliphatic rings. The topological polar surface area (TPSA) is 72.5 Å². The predicted molar refractivity (Wildman–Crippen MR) is 133 cm³/mol. The fraction of sp³-hybridized carbons (Fsp3) is 0.200. The zero-order valence-electron chi connectivity index (χ0n) is 18.7. The van der Waals surface area contributed by atoms with Crippen molar-refractivity contribution in [1.29, 1.82) is 0 Å². The molecule has 2 heterocycles. The summed E-state index contributed by atoms with van der Waals surface area (Å²) in [5.74, 6) is 0.541. The molecule has 0 N–H and O–H groups in total. The second kappa shape index (κ2) is 9.46. The first-order valence-electron chi connectivity index (χ1n) is 10.6. The lowest BCUT2D eigenvalue weighted by molar-refractivity contribution is -0.127. The lowest BCUT2D eigenvalue weighted by Crippen LogP contribution is -2.32. The zero-order chi connectivity index (χ0) is 23.5. The van der Waals surface area contributed by atoms with Crippen molar-refractivity contribution in [2.75, 3.05) is 18.8 Å². The van der Waals surface area contributed by atoms with Crippen LogP contribution < -0.4 is 5.56 Å². The van der Waals surface area contributed by atoms with Crippen molar-refractivity contribution < 1.29 is 4.79 Å². The highest BCUT2D eigenvalue weighted by Gasteiger charge is 2.20. The molecule has 0 saturated carbocycles. The molecule has 0 atom stereocenters. The molecule has 0 fully saturated rings. The van der Waals surface area contributed by atoms with Gasteiger partial charge in [0.2, 0.25) is 11.7 Å². The molecule has 4 rings (SSSR count). The molecular formula is C25H25N5O2S. The molecule has 0 spiro atoms. The SMILES string of the molecule is C=CCN(CC=C)C(=O)CSc1nnc2n(-c3cccc(C)c3C)c(=O)c3ccccc3n12. The van der Waals surface area contributed by atoms with Crippen molar-refractivity contribution in [3.8, 4) is 5.69 Å². The Morgan fingerprint density at radius 3 is 2.52 bits per heavy atom. The number of carbonyl (C=O) groups is 1. The zero-order valence-corrected chi connectivity index (χ0v) is 19.5. The summed E-state index contributed by atoms with van der Waals surface area (Å²) in [6.07, 6.45) is 3.38. The van der Waals surface area contributed by atoms with E-state index in [0.29, 0.717) is 34.9 Å². The molecule has 0 aliphatic carbocycles. The van der Waals surface area contributed by atoms with E-state index in [1.807, 2.05) is 54.6 Å². The van der Waals surface area contributed by atoms with Gasteiger partial charge < -0.3 is 4.90 Å². The molecule has 33 heavy (non-hydrogen) atoms. The summed E-state index contributed by atoms with van der Waals surface area (Å²) in [6.45, 7) is 12.3. The van der Waals surface area contributed by atoms with Gasteiger partial charge in [-0.15, -0.1) is 23.4 Å². The Balaban J connectivity index is 1.86. The normalized spacial score (nSPS) is 11.1. The monoisotopic (exact) mass is 459 g/mol. The summed E-state index contributed by atoms with van der Waals surface area (Å²) >= 11 is 1.29. The Morgan fingerprint density at radius 2 is 1.79 bits per heavy atom. The van der Waals surface area contributed by atoms with Crippen molar-refractivity contribution in [3.05, 3.63) is 89.3 Å². The van der Waals surface area contributed by atoms with E-state index in [0.717, 1.165) is 16.8 Å². The number of nitrogens with zero attached hydrogens (tertiary/aromatic N) is 5. The van der Waals surface area contributed by atoms with Crippen LogP contribution in [0, 0.1) is 13.8 Å². The third-order valence-electron chi connectivity index (χ3n) is 5.59. The number of hydrogen-bond acceptors (Lipinski definition) is 5. The maximum atomic E-state index is 13.5. The first kappa shape index (κ1) is 22.5. The van der Waals surface area contributed by atoms with Gasteiger partial charge in [-0.3, -0.25) is 14.0 Å². The van der Waals surface area contributed by atoms with Crippen LogP contribution in [0.15, 0.2) is 77.7 Å². The van der Waals surface area contributed by atoms with E-state index in [9.17, 15) is 9.59 Å². The van der Waals surface area contributed by atoms with Crippen molar-refractivity contribution in [3.63, 3.8) is 0 Å². The van der Waals surface area contributed by atoms with Gasteiger partial charge in [0.25, 0.3) is 5.56 Å². The fourth-order valence-corrected chi connectivity index (χ4v) is 4.62. The summed E-state index contributed by atoms with van der Waals surface area (Å²) < 4.78 is 3.45. The van der Waals surface area contributed by atoms with Crippen molar-refractivity contribution >= 4 is 34.3 Å². The van der Waals surface area contributed by atoms with Gasteiger partial charge in [0.15, 0.2) is 5.16 Å². The first-order valence-corrected chi connectivity index (χ1v) is 11.5. The first-order chi connectivity index (χ1) is 16.0. The van der Waals surface area contributed by atoms with Crippen LogP contribution in [0.3, 0.4) is 0 Å². The Kier molecular flexibility index (Phi) is 6.46. The molecule has 1 amide bonds. The highest BCUT2D eigenvalue weighted by Crippen LogP contribution is 2.25. The smallest absolute Gasteiger partial charge is 0.267 e. The molecule has 0 aliphatic heterocycles. The number of amides is 1. The van der Waals surface area contributed by atoms with Crippen LogP contribution in [-0.2, 0) is 4.79 Å². The van der Waals surface area contributed by atoms with Gasteiger partial charge in [0.05, 0.1) is 22.3 Å². The van der Waals surface area contributed by atoms with Gasteiger partial charge in [-0.1, -0.05) is 48.2 Å². The molecule has 0 saturated heterocycles. The van der Waals surface area contributed by atoms with Gasteiger partial charge in [-0.2, -0.15) is 0 Å². The van der Waals surface area contributed by atoms with Crippen LogP contribution in [0.5, 0.6) is 0 Å². The van der Waals surface area contributed by atoms with Gasteiger partial charge in [-0.25, -0.2) is 4.57 Å². The van der Waals surface area contributed by atoms with Gasteiger partial charge in [0, 0.05) is 13.1 Å². The average molecular weight is 460 g/mol. The van der Waals surface area contributed by atoms with E-state index in [1.54, 1.807) is 27.7 Å². The molecule has 0 unspecified atom stereocenters. The molecule has 8 heteroatoms. The predicted octanol–water partition coefficient (Wildman–Crippen LogP) is 3.94. The third-order valence-corrected chi connectivity index (χ3v) is 6.50. The number of para-hydroxylation sites is 1. The van der Waals surface area contributed by atoms with Gasteiger partial charge in [-0.05, 0) is 43.2 Å². The van der Waals surface area contributed by atoms with E-state index in [2.05, 4.69) is 23.4 Å². The standard InChI is InChI=1S/C25H25N5O2S/c1-5-14-28(15-6-2)22(31)16-33-25-27-26-24-29(20-13-9-10-17(3)18(20)4)23(32)19-11-7-8-12-21(19)30(24)25/h5-13H,1-2,14-16H2,3-4H3. The van der Waals surface area contributed by atoms with Crippen LogP contribution in [-0.4, -0.2) is 48.8 Å². The minimum atomic E-state index is -0.157. The highest BCUT2D eigenvalue weighted by molar-refractivity contribution is 7.99. The van der Waals surface area contributed by atoms with Crippen LogP contribution in [0.25, 0.3) is 22.4 Å². The van der Waals surface area contributed by atoms with E-state index < -0.39 is 0 Å². The van der Waals surface area contributed by atoms with E-state index >= 15 is 0 Å². The summed E-state index contributed by atoms with van der Waals surface area (Å²) in [6, 6.07) is 13.2. The second-order valence-corrected chi connectivity index (χ2v) is 8.60. The van der Waals surface area contributed by atoms with Crippen LogP contribution in [0.4, 0.5) is 0 Å². The Bertz CT molecular complexity index is 1430. The molecule has 2 aromatic heterocycles. The minimum Gasteiger partial charge on any atom is -0.335 e. The summed E-state index contributed by atoms with van der Waals surface area (Å²) in [5.41, 5.74) is 3.38. The summed E-state index contributed by atoms with van der Waals surface area (Å²) in [7, 11) is 0. The summed E-state index contributed by atoms with van der Waals surface area (Å²) in [4.78, 5) is 27.9. The van der Waals surface area contributed by atoms with Crippen LogP contribution in [0.1, 0.15) is 11.1 Å². The maximum absolute atomic E-state index is 13.5. The van der Waals surface area contributed by atoms with Gasteiger partial charge >= 0.3 is 0 Å². The van der Waals surface area contributed by atoms with Crippen molar-refractivity contribution in [1.82, 2.24) is 24.1 Å². The van der Waals surface area contributed by atoms with Crippen molar-refractivity contribution in [2.24, 2.45) is 0 Å². The third kappa shape index (κ3) is 4.09. The molecule has 7 nitrogen and oxygen atoms in total. The molecule has 4 aromatic rings. The number of benzene rings is 2. The average Bonchev–Trinajstić information content (AvgIpc) is 3.24. The molecule has 168 valence electrons. The molecule has 0 bridgehead atoms. The number of aromatic nitrogens is 4. The van der Waals surface area contributed by atoms with E-state index in [4.69, 9.17) is 0 Å². The Hall–Kier alpha value is -3.65. The largest absolute Gasteiger partial charge is 0.335 e. The van der Waals surface area contributed by atoms with Crippen molar-refractivity contribution in [2.45, 2.75) is 19.0 Å². The summed E-state index contributed by atoms with van der Waals surface area (Å²) in [5, 5.41) is 9.82. The molecule has 0 radical (unpaired) electrons. The number of rotatable bonds is 8. The Labute approximate surface area is 196 Å². The second-order valence-electron chi connectivity index (χ2n) is 7.66.